The Hall–Kier alpha value is -2.14. The van der Waals surface area contributed by atoms with Crippen LogP contribution in [-0.4, -0.2) is 66.4 Å². The van der Waals surface area contributed by atoms with Crippen LogP contribution >= 0.6 is 0 Å². The number of nitrogens with zero attached hydrogens (tertiary/aromatic N) is 4. The molecule has 1 aliphatic heterocycles. The van der Waals surface area contributed by atoms with Crippen LogP contribution in [0.25, 0.3) is 11.0 Å². The van der Waals surface area contributed by atoms with E-state index in [1.54, 1.807) is 6.07 Å². The largest absolute Gasteiger partial charge is 0.393 e. The van der Waals surface area contributed by atoms with Crippen LogP contribution in [0.15, 0.2) is 23.1 Å². The van der Waals surface area contributed by atoms with Crippen molar-refractivity contribution in [1.82, 2.24) is 18.8 Å². The average Bonchev–Trinajstić information content (AvgIpc) is 3.07. The number of rotatable bonds is 6. The fraction of sp³-hybridized carbons (Fsp3) is 0.600. The molecule has 0 unspecified atom stereocenters. The maximum atomic E-state index is 13.0. The van der Waals surface area contributed by atoms with Crippen molar-refractivity contribution in [3.05, 3.63) is 24.0 Å². The third kappa shape index (κ3) is 4.87. The van der Waals surface area contributed by atoms with Crippen LogP contribution in [-0.2, 0) is 27.8 Å². The van der Waals surface area contributed by atoms with Gasteiger partial charge in [-0.3, -0.25) is 4.79 Å². The van der Waals surface area contributed by atoms with E-state index in [-0.39, 0.29) is 36.6 Å². The normalized spacial score (nSPS) is 18.2. The van der Waals surface area contributed by atoms with Gasteiger partial charge < -0.3 is 9.47 Å². The highest BCUT2D eigenvalue weighted by Gasteiger charge is 2.42. The van der Waals surface area contributed by atoms with E-state index < -0.39 is 22.1 Å². The predicted octanol–water partition coefficient (Wildman–Crippen LogP) is 3.04. The second-order valence-corrected chi connectivity index (χ2v) is 10.1. The minimum atomic E-state index is -4.29. The Kier molecular flexibility index (Phi) is 6.66. The molecule has 0 N–H and O–H groups in total. The van der Waals surface area contributed by atoms with Gasteiger partial charge in [-0.05, 0) is 38.0 Å². The summed E-state index contributed by atoms with van der Waals surface area (Å²) in [5.74, 6) is -1.18. The Balaban J connectivity index is 1.77. The quantitative estimate of drug-likeness (QED) is 0.664. The second-order valence-electron chi connectivity index (χ2n) is 7.93. The first kappa shape index (κ1) is 23.5. The number of carbonyl (C=O) groups excluding carboxylic acids is 1. The smallest absolute Gasteiger partial charge is 0.342 e. The van der Waals surface area contributed by atoms with E-state index in [9.17, 15) is 26.4 Å². The van der Waals surface area contributed by atoms with E-state index in [1.165, 1.54) is 31.1 Å². The summed E-state index contributed by atoms with van der Waals surface area (Å²) in [6.07, 6.45) is -3.58. The minimum absolute atomic E-state index is 0.0523. The summed E-state index contributed by atoms with van der Waals surface area (Å²) >= 11 is 0. The summed E-state index contributed by atoms with van der Waals surface area (Å²) < 4.78 is 66.8. The van der Waals surface area contributed by atoms with Crippen LogP contribution in [0, 0.1) is 5.92 Å². The Labute approximate surface area is 179 Å². The van der Waals surface area contributed by atoms with E-state index in [0.29, 0.717) is 30.9 Å². The highest BCUT2D eigenvalue weighted by Crippen LogP contribution is 2.33. The molecule has 7 nitrogen and oxygen atoms in total. The standard InChI is InChI=1S/C20H27F3N4O3S/c1-4-27-17-8-7-15(31(29,30)25(2)3)12-16(17)24-18(27)9-10-19(28)26-11-5-6-14(13-26)20(21,22)23/h7-8,12,14H,4-6,9-11,13H2,1-3H3/t14-/m0/s1. The van der Waals surface area contributed by atoms with Crippen molar-refractivity contribution in [3.8, 4) is 0 Å². The summed E-state index contributed by atoms with van der Waals surface area (Å²) in [5, 5.41) is 0. The monoisotopic (exact) mass is 460 g/mol. The van der Waals surface area contributed by atoms with Crippen molar-refractivity contribution in [1.29, 1.82) is 0 Å². The number of likely N-dealkylation sites (tertiary alicyclic amines) is 1. The molecule has 1 atom stereocenters. The summed E-state index contributed by atoms with van der Waals surface area (Å²) in [4.78, 5) is 18.5. The Morgan fingerprint density at radius 3 is 2.61 bits per heavy atom. The lowest BCUT2D eigenvalue weighted by atomic mass is 9.97. The number of sulfonamides is 1. The molecule has 2 aromatic rings. The number of hydrogen-bond acceptors (Lipinski definition) is 4. The van der Waals surface area contributed by atoms with Gasteiger partial charge in [0.1, 0.15) is 5.82 Å². The molecule has 1 saturated heterocycles. The van der Waals surface area contributed by atoms with Gasteiger partial charge in [0, 0.05) is 46.6 Å². The zero-order valence-corrected chi connectivity index (χ0v) is 18.6. The lowest BCUT2D eigenvalue weighted by molar-refractivity contribution is -0.188. The summed E-state index contributed by atoms with van der Waals surface area (Å²) in [6.45, 7) is 2.52. The zero-order valence-electron chi connectivity index (χ0n) is 17.8. The van der Waals surface area contributed by atoms with E-state index in [4.69, 9.17) is 0 Å². The molecule has 0 bridgehead atoms. The Morgan fingerprint density at radius 1 is 1.29 bits per heavy atom. The van der Waals surface area contributed by atoms with Gasteiger partial charge in [0.2, 0.25) is 15.9 Å². The number of amides is 1. The van der Waals surface area contributed by atoms with Gasteiger partial charge in [-0.1, -0.05) is 0 Å². The van der Waals surface area contributed by atoms with Gasteiger partial charge in [0.15, 0.2) is 0 Å². The molecule has 3 rings (SSSR count). The van der Waals surface area contributed by atoms with Crippen molar-refractivity contribution in [3.63, 3.8) is 0 Å². The van der Waals surface area contributed by atoms with Crippen LogP contribution in [0.4, 0.5) is 13.2 Å². The predicted molar refractivity (Wildman–Crippen MR) is 110 cm³/mol. The molecule has 172 valence electrons. The molecule has 2 heterocycles. The number of benzene rings is 1. The molecule has 1 fully saturated rings. The number of carbonyl (C=O) groups is 1. The molecule has 0 spiro atoms. The fourth-order valence-corrected chi connectivity index (χ4v) is 4.84. The van der Waals surface area contributed by atoms with Gasteiger partial charge in [0.25, 0.3) is 0 Å². The molecular weight excluding hydrogens is 433 g/mol. The van der Waals surface area contributed by atoms with E-state index in [1.807, 2.05) is 11.5 Å². The van der Waals surface area contributed by atoms with Crippen LogP contribution < -0.4 is 0 Å². The first-order chi connectivity index (χ1) is 14.4. The van der Waals surface area contributed by atoms with Gasteiger partial charge in [-0.25, -0.2) is 17.7 Å². The number of fused-ring (bicyclic) bond motifs is 1. The molecule has 0 aliphatic carbocycles. The molecular formula is C20H27F3N4O3S. The second kappa shape index (κ2) is 8.78. The topological polar surface area (TPSA) is 75.5 Å². The number of aromatic nitrogens is 2. The van der Waals surface area contributed by atoms with E-state index >= 15 is 0 Å². The van der Waals surface area contributed by atoms with Gasteiger partial charge in [-0.2, -0.15) is 13.2 Å². The first-order valence-corrected chi connectivity index (χ1v) is 11.6. The molecule has 11 heteroatoms. The molecule has 1 amide bonds. The van der Waals surface area contributed by atoms with Crippen molar-refractivity contribution in [2.45, 2.75) is 50.2 Å². The lowest BCUT2D eigenvalue weighted by Crippen LogP contribution is -2.44. The van der Waals surface area contributed by atoms with Gasteiger partial charge in [0.05, 0.1) is 21.8 Å². The van der Waals surface area contributed by atoms with Gasteiger partial charge in [-0.15, -0.1) is 0 Å². The first-order valence-electron chi connectivity index (χ1n) is 10.2. The molecule has 0 saturated carbocycles. The molecule has 31 heavy (non-hydrogen) atoms. The highest BCUT2D eigenvalue weighted by atomic mass is 32.2. The minimum Gasteiger partial charge on any atom is -0.342 e. The summed E-state index contributed by atoms with van der Waals surface area (Å²) in [5.41, 5.74) is 1.25. The molecule has 1 aliphatic rings. The van der Waals surface area contributed by atoms with Crippen LogP contribution in [0.3, 0.4) is 0 Å². The number of halogens is 3. The van der Waals surface area contributed by atoms with Crippen LogP contribution in [0.1, 0.15) is 32.0 Å². The highest BCUT2D eigenvalue weighted by molar-refractivity contribution is 7.89. The summed E-state index contributed by atoms with van der Waals surface area (Å²) in [7, 11) is -0.706. The number of piperidine rings is 1. The van der Waals surface area contributed by atoms with Crippen LogP contribution in [0.5, 0.6) is 0 Å². The average molecular weight is 461 g/mol. The molecule has 0 radical (unpaired) electrons. The van der Waals surface area contributed by atoms with Gasteiger partial charge >= 0.3 is 6.18 Å². The van der Waals surface area contributed by atoms with Crippen molar-refractivity contribution >= 4 is 27.0 Å². The summed E-state index contributed by atoms with van der Waals surface area (Å²) in [6, 6.07) is 4.71. The molecule has 1 aromatic heterocycles. The molecule has 1 aromatic carbocycles. The zero-order chi connectivity index (χ0) is 23.0. The van der Waals surface area contributed by atoms with Crippen molar-refractivity contribution in [2.24, 2.45) is 5.92 Å². The third-order valence-electron chi connectivity index (χ3n) is 5.69. The Bertz CT molecular complexity index is 1060. The lowest BCUT2D eigenvalue weighted by Gasteiger charge is -2.33. The third-order valence-corrected chi connectivity index (χ3v) is 7.50. The number of hydrogen-bond donors (Lipinski definition) is 0. The number of imidazole rings is 1. The fourth-order valence-electron chi connectivity index (χ4n) is 3.92. The van der Waals surface area contributed by atoms with Crippen LogP contribution in [0.2, 0.25) is 0 Å². The van der Waals surface area contributed by atoms with E-state index in [0.717, 1.165) is 9.82 Å². The van der Waals surface area contributed by atoms with Crippen molar-refractivity contribution < 1.29 is 26.4 Å². The maximum absolute atomic E-state index is 13.0. The SMILES string of the molecule is CCn1c(CCC(=O)N2CCC[C@H](C(F)(F)F)C2)nc2cc(S(=O)(=O)N(C)C)ccc21. The number of alkyl halides is 3. The Morgan fingerprint density at radius 2 is 2.00 bits per heavy atom. The number of aryl methyl sites for hydroxylation is 2. The maximum Gasteiger partial charge on any atom is 0.393 e. The van der Waals surface area contributed by atoms with Crippen molar-refractivity contribution in [2.75, 3.05) is 27.2 Å². The van der Waals surface area contributed by atoms with E-state index in [2.05, 4.69) is 4.98 Å².